The number of esters is 1. The maximum atomic E-state index is 11.7. The molecule has 0 atom stereocenters. The third-order valence-corrected chi connectivity index (χ3v) is 4.36. The van der Waals surface area contributed by atoms with E-state index < -0.39 is 13.3 Å². The van der Waals surface area contributed by atoms with E-state index in [9.17, 15) is 9.36 Å². The van der Waals surface area contributed by atoms with Crippen LogP contribution in [-0.2, 0) is 18.6 Å². The van der Waals surface area contributed by atoms with E-state index in [-0.39, 0.29) is 13.2 Å². The first kappa shape index (κ1) is 13.4. The van der Waals surface area contributed by atoms with E-state index >= 15 is 0 Å². The number of rotatable bonds is 7. The smallest absolute Gasteiger partial charge is 0.330 e. The van der Waals surface area contributed by atoms with E-state index in [1.165, 1.54) is 0 Å². The highest BCUT2D eigenvalue weighted by Gasteiger charge is 2.17. The first-order valence-electron chi connectivity index (χ1n) is 4.59. The van der Waals surface area contributed by atoms with Gasteiger partial charge in [0.05, 0.1) is 6.61 Å². The van der Waals surface area contributed by atoms with Gasteiger partial charge in [0.2, 0.25) is 7.37 Å². The minimum Gasteiger partial charge on any atom is -0.460 e. The molecule has 5 heteroatoms. The van der Waals surface area contributed by atoms with Crippen molar-refractivity contribution in [3.8, 4) is 0 Å². The van der Waals surface area contributed by atoms with Gasteiger partial charge in [0.25, 0.3) is 0 Å². The second-order valence-corrected chi connectivity index (χ2v) is 5.80. The Morgan fingerprint density at radius 3 is 2.36 bits per heavy atom. The predicted molar refractivity (Wildman–Crippen MR) is 55.8 cm³/mol. The first-order valence-corrected chi connectivity index (χ1v) is 6.59. The largest absolute Gasteiger partial charge is 0.460 e. The number of hydrogen-bond donors (Lipinski definition) is 0. The van der Waals surface area contributed by atoms with Gasteiger partial charge in [-0.25, -0.2) is 4.79 Å². The summed E-state index contributed by atoms with van der Waals surface area (Å²) < 4.78 is 21.5. The van der Waals surface area contributed by atoms with Crippen molar-refractivity contribution in [2.24, 2.45) is 0 Å². The Kier molecular flexibility index (Phi) is 6.50. The summed E-state index contributed by atoms with van der Waals surface area (Å²) in [7, 11) is -2.47. The summed E-state index contributed by atoms with van der Waals surface area (Å²) in [4.78, 5) is 10.6. The van der Waals surface area contributed by atoms with E-state index in [1.54, 1.807) is 0 Å². The van der Waals surface area contributed by atoms with Crippen molar-refractivity contribution in [1.82, 2.24) is 0 Å². The van der Waals surface area contributed by atoms with Crippen molar-refractivity contribution in [3.05, 3.63) is 12.7 Å². The van der Waals surface area contributed by atoms with Crippen LogP contribution >= 0.6 is 7.37 Å². The summed E-state index contributed by atoms with van der Waals surface area (Å²) >= 11 is 0. The highest BCUT2D eigenvalue weighted by molar-refractivity contribution is 7.58. The van der Waals surface area contributed by atoms with Crippen molar-refractivity contribution >= 4 is 13.3 Å². The molecule has 4 nitrogen and oxygen atoms in total. The number of carbonyl (C=O) groups excluding carboxylic acids is 1. The van der Waals surface area contributed by atoms with Crippen LogP contribution in [0.25, 0.3) is 0 Å². The van der Waals surface area contributed by atoms with Crippen LogP contribution in [0.1, 0.15) is 13.8 Å². The van der Waals surface area contributed by atoms with Gasteiger partial charge in [-0.1, -0.05) is 20.4 Å². The molecule has 0 radical (unpaired) electrons. The van der Waals surface area contributed by atoms with Crippen LogP contribution < -0.4 is 0 Å². The molecule has 0 aromatic heterocycles. The quantitative estimate of drug-likeness (QED) is 0.285. The zero-order chi connectivity index (χ0) is 11.0. The molecule has 0 rings (SSSR count). The SMILES string of the molecule is C=CC(=O)OCCOP(=O)(CC)CC. The first-order chi connectivity index (χ1) is 6.58. The Labute approximate surface area is 84.7 Å². The highest BCUT2D eigenvalue weighted by Crippen LogP contribution is 2.45. The molecule has 0 fully saturated rings. The summed E-state index contributed by atoms with van der Waals surface area (Å²) in [6.45, 7) is 7.19. The molecule has 0 aromatic rings. The van der Waals surface area contributed by atoms with E-state index in [1.807, 2.05) is 13.8 Å². The normalized spacial score (nSPS) is 11.0. The molecular weight excluding hydrogens is 203 g/mol. The molecule has 0 saturated carbocycles. The lowest BCUT2D eigenvalue weighted by molar-refractivity contribution is -0.138. The van der Waals surface area contributed by atoms with Crippen LogP contribution in [0.4, 0.5) is 0 Å². The summed E-state index contributed by atoms with van der Waals surface area (Å²) in [5.41, 5.74) is 0. The van der Waals surface area contributed by atoms with E-state index in [4.69, 9.17) is 4.52 Å². The summed E-state index contributed by atoms with van der Waals surface area (Å²) in [5, 5.41) is 0. The number of hydrogen-bond acceptors (Lipinski definition) is 4. The topological polar surface area (TPSA) is 52.6 Å². The second kappa shape index (κ2) is 6.80. The molecule has 14 heavy (non-hydrogen) atoms. The third-order valence-electron chi connectivity index (χ3n) is 1.78. The van der Waals surface area contributed by atoms with Crippen LogP contribution in [0.2, 0.25) is 0 Å². The Bertz CT molecular complexity index is 229. The fourth-order valence-electron chi connectivity index (χ4n) is 0.811. The van der Waals surface area contributed by atoms with Crippen LogP contribution in [0.15, 0.2) is 12.7 Å². The van der Waals surface area contributed by atoms with Crippen molar-refractivity contribution in [2.45, 2.75) is 13.8 Å². The fraction of sp³-hybridized carbons (Fsp3) is 0.667. The monoisotopic (exact) mass is 220 g/mol. The number of carbonyl (C=O) groups is 1. The molecule has 0 heterocycles. The van der Waals surface area contributed by atoms with E-state index in [0.717, 1.165) is 6.08 Å². The molecule has 0 saturated heterocycles. The van der Waals surface area contributed by atoms with Gasteiger partial charge in [-0.3, -0.25) is 4.57 Å². The lowest BCUT2D eigenvalue weighted by Crippen LogP contribution is -2.08. The second-order valence-electron chi connectivity index (χ2n) is 2.65. The Hall–Kier alpha value is -0.600. The van der Waals surface area contributed by atoms with Gasteiger partial charge in [0.15, 0.2) is 0 Å². The van der Waals surface area contributed by atoms with Gasteiger partial charge >= 0.3 is 5.97 Å². The highest BCUT2D eigenvalue weighted by atomic mass is 31.2. The summed E-state index contributed by atoms with van der Waals surface area (Å²) in [5.74, 6) is -0.489. The average Bonchev–Trinajstić information content (AvgIpc) is 2.23. The zero-order valence-electron chi connectivity index (χ0n) is 8.69. The van der Waals surface area contributed by atoms with Crippen LogP contribution in [-0.4, -0.2) is 31.5 Å². The third kappa shape index (κ3) is 5.20. The van der Waals surface area contributed by atoms with Crippen molar-refractivity contribution in [1.29, 1.82) is 0 Å². The molecule has 0 aliphatic carbocycles. The molecular formula is C9H17O4P. The average molecular weight is 220 g/mol. The maximum Gasteiger partial charge on any atom is 0.330 e. The van der Waals surface area contributed by atoms with Gasteiger partial charge in [-0.15, -0.1) is 0 Å². The lowest BCUT2D eigenvalue weighted by Gasteiger charge is -2.14. The Morgan fingerprint density at radius 2 is 1.93 bits per heavy atom. The molecule has 82 valence electrons. The Balaban J connectivity index is 3.68. The number of ether oxygens (including phenoxy) is 1. The predicted octanol–water partition coefficient (Wildman–Crippen LogP) is 2.05. The molecule has 0 spiro atoms. The molecule has 0 bridgehead atoms. The molecule has 0 N–H and O–H groups in total. The van der Waals surface area contributed by atoms with Crippen molar-refractivity contribution < 1.29 is 18.6 Å². The molecule has 0 aliphatic rings. The van der Waals surface area contributed by atoms with Gasteiger partial charge in [-0.05, 0) is 0 Å². The standard InChI is InChI=1S/C9H17O4P/c1-4-9(10)12-7-8-13-14(11,5-2)6-3/h4H,1,5-8H2,2-3H3. The molecule has 0 amide bonds. The minimum absolute atomic E-state index is 0.120. The lowest BCUT2D eigenvalue weighted by atomic mass is 10.6. The van der Waals surface area contributed by atoms with Crippen LogP contribution in [0.5, 0.6) is 0 Å². The van der Waals surface area contributed by atoms with Crippen LogP contribution in [0, 0.1) is 0 Å². The van der Waals surface area contributed by atoms with Crippen LogP contribution in [0.3, 0.4) is 0 Å². The van der Waals surface area contributed by atoms with Crippen molar-refractivity contribution in [2.75, 3.05) is 25.5 Å². The van der Waals surface area contributed by atoms with Crippen molar-refractivity contribution in [3.63, 3.8) is 0 Å². The molecule has 0 aliphatic heterocycles. The van der Waals surface area contributed by atoms with E-state index in [0.29, 0.717) is 12.3 Å². The van der Waals surface area contributed by atoms with Gasteiger partial charge in [0.1, 0.15) is 6.61 Å². The zero-order valence-corrected chi connectivity index (χ0v) is 9.59. The van der Waals surface area contributed by atoms with E-state index in [2.05, 4.69) is 11.3 Å². The van der Waals surface area contributed by atoms with Gasteiger partial charge in [0, 0.05) is 18.4 Å². The summed E-state index contributed by atoms with van der Waals surface area (Å²) in [6.07, 6.45) is 2.11. The molecule has 0 aromatic carbocycles. The maximum absolute atomic E-state index is 11.7. The minimum atomic E-state index is -2.47. The molecule has 0 unspecified atom stereocenters. The fourth-order valence-corrected chi connectivity index (χ4v) is 2.03. The summed E-state index contributed by atoms with van der Waals surface area (Å²) in [6, 6.07) is 0. The Morgan fingerprint density at radius 1 is 1.36 bits per heavy atom. The van der Waals surface area contributed by atoms with Gasteiger partial charge in [-0.2, -0.15) is 0 Å². The van der Waals surface area contributed by atoms with Gasteiger partial charge < -0.3 is 9.26 Å².